The number of aliphatic hydroxyl groups excluding tert-OH is 1. The number of ether oxygens (including phenoxy) is 1. The van der Waals surface area contributed by atoms with Crippen LogP contribution in [0.2, 0.25) is 0 Å². The minimum Gasteiger partial charge on any atom is -0.488 e. The van der Waals surface area contributed by atoms with Crippen LogP contribution >= 0.6 is 11.3 Å². The molecule has 0 amide bonds. The number of thiazole rings is 1. The first kappa shape index (κ1) is 13.0. The van der Waals surface area contributed by atoms with Gasteiger partial charge in [-0.1, -0.05) is 0 Å². The number of benzene rings is 1. The third-order valence-corrected chi connectivity index (χ3v) is 3.36. The van der Waals surface area contributed by atoms with Crippen molar-refractivity contribution < 1.29 is 14.2 Å². The number of aromatic nitrogens is 1. The van der Waals surface area contributed by atoms with Crippen molar-refractivity contribution >= 4 is 11.3 Å². The van der Waals surface area contributed by atoms with Crippen LogP contribution in [0.25, 0.3) is 0 Å². The maximum atomic E-state index is 13.6. The van der Waals surface area contributed by atoms with Crippen LogP contribution in [0, 0.1) is 12.7 Å². The summed E-state index contributed by atoms with van der Waals surface area (Å²) in [6.45, 7) is 3.82. The van der Waals surface area contributed by atoms with Gasteiger partial charge in [-0.15, -0.1) is 11.3 Å². The normalized spacial score (nSPS) is 12.4. The average Bonchev–Trinajstić information content (AvgIpc) is 2.72. The van der Waals surface area contributed by atoms with Gasteiger partial charge < -0.3 is 9.84 Å². The Morgan fingerprint density at radius 1 is 1.50 bits per heavy atom. The summed E-state index contributed by atoms with van der Waals surface area (Å²) in [4.78, 5) is 5.11. The van der Waals surface area contributed by atoms with Gasteiger partial charge in [0.05, 0.1) is 16.0 Å². The fourth-order valence-electron chi connectivity index (χ4n) is 1.56. The van der Waals surface area contributed by atoms with E-state index in [9.17, 15) is 9.50 Å². The van der Waals surface area contributed by atoms with Crippen molar-refractivity contribution in [3.8, 4) is 5.75 Å². The van der Waals surface area contributed by atoms with E-state index >= 15 is 0 Å². The summed E-state index contributed by atoms with van der Waals surface area (Å²) in [5.74, 6) is -0.00839. The highest BCUT2D eigenvalue weighted by Gasteiger charge is 2.09. The van der Waals surface area contributed by atoms with Gasteiger partial charge in [0.1, 0.15) is 18.2 Å². The van der Waals surface area contributed by atoms with Crippen LogP contribution in [0.1, 0.15) is 28.5 Å². The van der Waals surface area contributed by atoms with Gasteiger partial charge in [0.15, 0.2) is 0 Å². The van der Waals surface area contributed by atoms with Crippen LogP contribution in [0.5, 0.6) is 5.75 Å². The second-order valence-corrected chi connectivity index (χ2v) is 5.31. The summed E-state index contributed by atoms with van der Waals surface area (Å²) in [5, 5.41) is 10.3. The quantitative estimate of drug-likeness (QED) is 0.924. The number of nitrogens with zero attached hydrogens (tertiary/aromatic N) is 1. The predicted octanol–water partition coefficient (Wildman–Crippen LogP) is 3.22. The number of rotatable bonds is 4. The SMILES string of the molecule is Cc1ncc(COc2ccc([C@H](C)O)c(F)c2)s1. The summed E-state index contributed by atoms with van der Waals surface area (Å²) in [5.41, 5.74) is 0.274. The van der Waals surface area contributed by atoms with Crippen molar-refractivity contribution in [1.82, 2.24) is 4.98 Å². The molecule has 0 aliphatic heterocycles. The first-order valence-electron chi connectivity index (χ1n) is 5.58. The van der Waals surface area contributed by atoms with Crippen molar-refractivity contribution in [1.29, 1.82) is 0 Å². The Kier molecular flexibility index (Phi) is 3.93. The van der Waals surface area contributed by atoms with E-state index in [1.807, 2.05) is 6.92 Å². The number of hydrogen-bond acceptors (Lipinski definition) is 4. The monoisotopic (exact) mass is 267 g/mol. The molecule has 0 bridgehead atoms. The van der Waals surface area contributed by atoms with E-state index in [0.717, 1.165) is 9.88 Å². The van der Waals surface area contributed by atoms with Gasteiger partial charge in [-0.3, -0.25) is 0 Å². The Labute approximate surface area is 109 Å². The molecule has 96 valence electrons. The lowest BCUT2D eigenvalue weighted by Gasteiger charge is -2.09. The molecular weight excluding hydrogens is 253 g/mol. The van der Waals surface area contributed by atoms with Gasteiger partial charge in [-0.2, -0.15) is 0 Å². The minimum absolute atomic E-state index is 0.274. The number of hydrogen-bond donors (Lipinski definition) is 1. The van der Waals surface area contributed by atoms with E-state index in [-0.39, 0.29) is 5.56 Å². The fourth-order valence-corrected chi connectivity index (χ4v) is 2.27. The molecule has 18 heavy (non-hydrogen) atoms. The van der Waals surface area contributed by atoms with Crippen LogP contribution in [0.3, 0.4) is 0 Å². The molecule has 0 saturated carbocycles. The standard InChI is InChI=1S/C13H14FNO2S/c1-8(16)12-4-3-10(5-13(12)14)17-7-11-6-15-9(2)18-11/h3-6,8,16H,7H2,1-2H3/t8-/m0/s1. The second-order valence-electron chi connectivity index (χ2n) is 3.99. The molecule has 0 spiro atoms. The zero-order chi connectivity index (χ0) is 13.1. The first-order valence-corrected chi connectivity index (χ1v) is 6.39. The van der Waals surface area contributed by atoms with Crippen molar-refractivity contribution in [2.75, 3.05) is 0 Å². The highest BCUT2D eigenvalue weighted by atomic mass is 32.1. The van der Waals surface area contributed by atoms with E-state index in [2.05, 4.69) is 4.98 Å². The lowest BCUT2D eigenvalue weighted by molar-refractivity contribution is 0.194. The average molecular weight is 267 g/mol. The number of aliphatic hydroxyl groups is 1. The Hall–Kier alpha value is -1.46. The molecule has 2 rings (SSSR count). The zero-order valence-electron chi connectivity index (χ0n) is 10.2. The van der Waals surface area contributed by atoms with E-state index in [1.54, 1.807) is 23.6 Å². The molecule has 1 aromatic heterocycles. The molecular formula is C13H14FNO2S. The van der Waals surface area contributed by atoms with E-state index in [4.69, 9.17) is 4.74 Å². The van der Waals surface area contributed by atoms with Gasteiger partial charge in [0.25, 0.3) is 0 Å². The molecule has 0 aliphatic carbocycles. The second kappa shape index (κ2) is 5.46. The van der Waals surface area contributed by atoms with Gasteiger partial charge in [-0.25, -0.2) is 9.37 Å². The molecule has 0 saturated heterocycles. The summed E-state index contributed by atoms with van der Waals surface area (Å²) in [6.07, 6.45) is 0.934. The molecule has 1 heterocycles. The lowest BCUT2D eigenvalue weighted by atomic mass is 10.1. The molecule has 1 N–H and O–H groups in total. The molecule has 0 unspecified atom stereocenters. The van der Waals surface area contributed by atoms with Crippen molar-refractivity contribution in [2.45, 2.75) is 26.6 Å². The highest BCUT2D eigenvalue weighted by molar-refractivity contribution is 7.11. The molecule has 3 nitrogen and oxygen atoms in total. The molecule has 2 aromatic rings. The smallest absolute Gasteiger partial charge is 0.132 e. The maximum Gasteiger partial charge on any atom is 0.132 e. The highest BCUT2D eigenvalue weighted by Crippen LogP contribution is 2.23. The van der Waals surface area contributed by atoms with Crippen LogP contribution < -0.4 is 4.74 Å². The first-order chi connectivity index (χ1) is 8.56. The van der Waals surface area contributed by atoms with Crippen molar-refractivity contribution in [3.05, 3.63) is 45.7 Å². The van der Waals surface area contributed by atoms with E-state index in [1.165, 1.54) is 19.1 Å². The minimum atomic E-state index is -0.816. The van der Waals surface area contributed by atoms with Crippen molar-refractivity contribution in [3.63, 3.8) is 0 Å². The predicted molar refractivity (Wildman–Crippen MR) is 68.2 cm³/mol. The molecule has 0 fully saturated rings. The summed E-state index contributed by atoms with van der Waals surface area (Å²) in [6, 6.07) is 4.47. The Balaban J connectivity index is 2.04. The van der Waals surface area contributed by atoms with E-state index in [0.29, 0.717) is 12.4 Å². The van der Waals surface area contributed by atoms with Crippen LogP contribution in [0.15, 0.2) is 24.4 Å². The summed E-state index contributed by atoms with van der Waals surface area (Å²) >= 11 is 1.55. The third-order valence-electron chi connectivity index (χ3n) is 2.47. The Morgan fingerprint density at radius 2 is 2.28 bits per heavy atom. The van der Waals surface area contributed by atoms with Gasteiger partial charge in [-0.05, 0) is 26.0 Å². The topological polar surface area (TPSA) is 42.4 Å². The summed E-state index contributed by atoms with van der Waals surface area (Å²) in [7, 11) is 0. The number of halogens is 1. The number of aryl methyl sites for hydroxylation is 1. The third kappa shape index (κ3) is 3.05. The Bertz CT molecular complexity index is 540. The van der Waals surface area contributed by atoms with Crippen LogP contribution in [-0.4, -0.2) is 10.1 Å². The van der Waals surface area contributed by atoms with Gasteiger partial charge >= 0.3 is 0 Å². The molecule has 0 radical (unpaired) electrons. The van der Waals surface area contributed by atoms with Gasteiger partial charge in [0, 0.05) is 17.8 Å². The largest absolute Gasteiger partial charge is 0.488 e. The summed E-state index contributed by atoms with van der Waals surface area (Å²) < 4.78 is 19.1. The maximum absolute atomic E-state index is 13.6. The molecule has 1 atom stereocenters. The van der Waals surface area contributed by atoms with Crippen LogP contribution in [-0.2, 0) is 6.61 Å². The zero-order valence-corrected chi connectivity index (χ0v) is 11.0. The van der Waals surface area contributed by atoms with E-state index < -0.39 is 11.9 Å². The Morgan fingerprint density at radius 3 is 2.83 bits per heavy atom. The van der Waals surface area contributed by atoms with Crippen LogP contribution in [0.4, 0.5) is 4.39 Å². The lowest BCUT2D eigenvalue weighted by Crippen LogP contribution is -1.98. The molecule has 0 aliphatic rings. The molecule has 5 heteroatoms. The van der Waals surface area contributed by atoms with Gasteiger partial charge in [0.2, 0.25) is 0 Å². The van der Waals surface area contributed by atoms with Crippen molar-refractivity contribution in [2.24, 2.45) is 0 Å². The molecule has 1 aromatic carbocycles. The fraction of sp³-hybridized carbons (Fsp3) is 0.308.